The summed E-state index contributed by atoms with van der Waals surface area (Å²) in [4.78, 5) is 10.1. The van der Waals surface area contributed by atoms with E-state index in [1.165, 1.54) is 5.56 Å². The first-order valence-electron chi connectivity index (χ1n) is 8.66. The van der Waals surface area contributed by atoms with Crippen molar-refractivity contribution in [3.05, 3.63) is 29.8 Å². The lowest BCUT2D eigenvalue weighted by atomic mass is 10.1. The van der Waals surface area contributed by atoms with Gasteiger partial charge in [0.1, 0.15) is 5.75 Å². The van der Waals surface area contributed by atoms with Crippen LogP contribution in [0.5, 0.6) is 5.75 Å². The number of nitrogens with zero attached hydrogens (tertiary/aromatic N) is 4. The summed E-state index contributed by atoms with van der Waals surface area (Å²) < 4.78 is 5.33. The van der Waals surface area contributed by atoms with Gasteiger partial charge in [-0.25, -0.2) is 0 Å². The number of ether oxygens (including phenoxy) is 1. The van der Waals surface area contributed by atoms with E-state index in [0.717, 1.165) is 58.1 Å². The van der Waals surface area contributed by atoms with Gasteiger partial charge in [0.25, 0.3) is 0 Å². The van der Waals surface area contributed by atoms with Crippen LogP contribution in [0.15, 0.2) is 24.3 Å². The third-order valence-corrected chi connectivity index (χ3v) is 5.18. The Morgan fingerprint density at radius 3 is 1.57 bits per heavy atom. The molecule has 2 aliphatic rings. The Bertz CT molecular complexity index is 454. The van der Waals surface area contributed by atoms with Crippen molar-refractivity contribution in [1.29, 1.82) is 0 Å². The van der Waals surface area contributed by atoms with E-state index in [0.29, 0.717) is 6.17 Å². The number of rotatable bonds is 4. The Balaban J connectivity index is 1.80. The third-order valence-electron chi connectivity index (χ3n) is 5.18. The van der Waals surface area contributed by atoms with Gasteiger partial charge in [-0.1, -0.05) is 12.1 Å². The smallest absolute Gasteiger partial charge is 0.118 e. The molecule has 0 saturated carbocycles. The Hall–Kier alpha value is -1.14. The lowest BCUT2D eigenvalue weighted by Crippen LogP contribution is -2.54. The monoisotopic (exact) mass is 318 g/mol. The summed E-state index contributed by atoms with van der Waals surface area (Å²) in [5.74, 6) is 0.934. The maximum atomic E-state index is 5.33. The van der Waals surface area contributed by atoms with Crippen molar-refractivity contribution < 1.29 is 4.74 Å². The van der Waals surface area contributed by atoms with Gasteiger partial charge in [0.2, 0.25) is 0 Å². The van der Waals surface area contributed by atoms with E-state index in [2.05, 4.69) is 58.0 Å². The van der Waals surface area contributed by atoms with Gasteiger partial charge in [-0.3, -0.25) is 9.80 Å². The largest absolute Gasteiger partial charge is 0.497 e. The zero-order valence-corrected chi connectivity index (χ0v) is 14.7. The van der Waals surface area contributed by atoms with Gasteiger partial charge < -0.3 is 14.5 Å². The number of hydrogen-bond acceptors (Lipinski definition) is 5. The van der Waals surface area contributed by atoms with Crippen molar-refractivity contribution >= 4 is 0 Å². The first-order valence-corrected chi connectivity index (χ1v) is 8.66. The fourth-order valence-electron chi connectivity index (χ4n) is 3.56. The van der Waals surface area contributed by atoms with Gasteiger partial charge >= 0.3 is 0 Å². The van der Waals surface area contributed by atoms with Crippen molar-refractivity contribution in [2.75, 3.05) is 73.6 Å². The fraction of sp³-hybridized carbons (Fsp3) is 0.667. The average Bonchev–Trinajstić information content (AvgIpc) is 2.59. The summed E-state index contributed by atoms with van der Waals surface area (Å²) in [5.41, 5.74) is 1.39. The van der Waals surface area contributed by atoms with Crippen molar-refractivity contribution in [3.8, 4) is 5.75 Å². The van der Waals surface area contributed by atoms with Crippen LogP contribution in [0.2, 0.25) is 0 Å². The molecule has 0 aromatic heterocycles. The zero-order valence-electron chi connectivity index (χ0n) is 14.7. The van der Waals surface area contributed by atoms with E-state index < -0.39 is 0 Å². The van der Waals surface area contributed by atoms with Gasteiger partial charge in [0.05, 0.1) is 13.3 Å². The molecule has 2 fully saturated rings. The summed E-state index contributed by atoms with van der Waals surface area (Å²) in [7, 11) is 6.17. The standard InChI is InChI=1S/C18H30N4O/c1-19-8-12-21(13-9-19)18(22-14-10-20(2)11-15-22)16-4-6-17(23-3)7-5-16/h4-7,18H,8-15H2,1-3H3. The molecule has 23 heavy (non-hydrogen) atoms. The minimum Gasteiger partial charge on any atom is -0.497 e. The van der Waals surface area contributed by atoms with Crippen molar-refractivity contribution in [2.45, 2.75) is 6.17 Å². The molecule has 0 amide bonds. The minimum atomic E-state index is 0.392. The highest BCUT2D eigenvalue weighted by Gasteiger charge is 2.30. The molecule has 5 nitrogen and oxygen atoms in total. The molecular weight excluding hydrogens is 288 g/mol. The lowest BCUT2D eigenvalue weighted by molar-refractivity contribution is -0.0106. The number of likely N-dealkylation sites (N-methyl/N-ethyl adjacent to an activating group) is 2. The predicted molar refractivity (Wildman–Crippen MR) is 93.9 cm³/mol. The molecule has 1 aromatic carbocycles. The summed E-state index contributed by atoms with van der Waals surface area (Å²) in [5, 5.41) is 0. The van der Waals surface area contributed by atoms with Crippen LogP contribution in [-0.2, 0) is 0 Å². The maximum Gasteiger partial charge on any atom is 0.118 e. The Morgan fingerprint density at radius 1 is 0.739 bits per heavy atom. The second-order valence-corrected chi connectivity index (χ2v) is 6.83. The van der Waals surface area contributed by atoms with Crippen LogP contribution in [0, 0.1) is 0 Å². The molecule has 1 aromatic rings. The zero-order chi connectivity index (χ0) is 16.2. The van der Waals surface area contributed by atoms with Gasteiger partial charge in [0.15, 0.2) is 0 Å². The quantitative estimate of drug-likeness (QED) is 0.829. The maximum absolute atomic E-state index is 5.33. The van der Waals surface area contributed by atoms with Gasteiger partial charge in [-0.15, -0.1) is 0 Å². The van der Waals surface area contributed by atoms with Crippen LogP contribution in [0.25, 0.3) is 0 Å². The second kappa shape index (κ2) is 7.62. The molecule has 0 unspecified atom stereocenters. The van der Waals surface area contributed by atoms with Crippen molar-refractivity contribution in [1.82, 2.24) is 19.6 Å². The highest BCUT2D eigenvalue weighted by Crippen LogP contribution is 2.28. The topological polar surface area (TPSA) is 22.2 Å². The van der Waals surface area contributed by atoms with Crippen LogP contribution >= 0.6 is 0 Å². The number of piperazine rings is 2. The first-order chi connectivity index (χ1) is 11.2. The Labute approximate surface area is 140 Å². The molecule has 2 aliphatic heterocycles. The van der Waals surface area contributed by atoms with E-state index in [4.69, 9.17) is 4.74 Å². The summed E-state index contributed by atoms with van der Waals surface area (Å²) in [6.07, 6.45) is 0.392. The minimum absolute atomic E-state index is 0.392. The Kier molecular flexibility index (Phi) is 5.54. The van der Waals surface area contributed by atoms with Crippen LogP contribution in [-0.4, -0.2) is 93.2 Å². The van der Waals surface area contributed by atoms with Crippen LogP contribution < -0.4 is 4.74 Å². The number of hydrogen-bond donors (Lipinski definition) is 0. The molecular formula is C18H30N4O. The summed E-state index contributed by atoms with van der Waals surface area (Å²) in [6.45, 7) is 9.17. The van der Waals surface area contributed by atoms with Crippen molar-refractivity contribution in [3.63, 3.8) is 0 Å². The van der Waals surface area contributed by atoms with Crippen LogP contribution in [0.3, 0.4) is 0 Å². The lowest BCUT2D eigenvalue weighted by Gasteiger charge is -2.46. The van der Waals surface area contributed by atoms with Gasteiger partial charge in [0, 0.05) is 52.4 Å². The SMILES string of the molecule is COc1ccc(C(N2CCN(C)CC2)N2CCN(C)CC2)cc1. The van der Waals surface area contributed by atoms with E-state index in [-0.39, 0.29) is 0 Å². The van der Waals surface area contributed by atoms with Gasteiger partial charge in [-0.2, -0.15) is 0 Å². The summed E-state index contributed by atoms with van der Waals surface area (Å²) >= 11 is 0. The Morgan fingerprint density at radius 2 is 1.17 bits per heavy atom. The number of methoxy groups -OCH3 is 1. The molecule has 0 atom stereocenters. The van der Waals surface area contributed by atoms with Crippen LogP contribution in [0.4, 0.5) is 0 Å². The average molecular weight is 318 g/mol. The molecule has 2 heterocycles. The predicted octanol–water partition coefficient (Wildman–Crippen LogP) is 1.19. The molecule has 0 spiro atoms. The van der Waals surface area contributed by atoms with Crippen molar-refractivity contribution in [2.24, 2.45) is 0 Å². The highest BCUT2D eigenvalue weighted by atomic mass is 16.5. The van der Waals surface area contributed by atoms with Crippen LogP contribution in [0.1, 0.15) is 11.7 Å². The second-order valence-electron chi connectivity index (χ2n) is 6.83. The third kappa shape index (κ3) is 4.04. The molecule has 5 heteroatoms. The van der Waals surface area contributed by atoms with E-state index in [1.807, 2.05) is 0 Å². The fourth-order valence-corrected chi connectivity index (χ4v) is 3.56. The molecule has 3 rings (SSSR count). The molecule has 0 aliphatic carbocycles. The van der Waals surface area contributed by atoms with E-state index >= 15 is 0 Å². The molecule has 0 bridgehead atoms. The normalized spacial score (nSPS) is 22.6. The molecule has 128 valence electrons. The first kappa shape index (κ1) is 16.7. The number of benzene rings is 1. The highest BCUT2D eigenvalue weighted by molar-refractivity contribution is 5.29. The van der Waals surface area contributed by atoms with E-state index in [9.17, 15) is 0 Å². The van der Waals surface area contributed by atoms with E-state index in [1.54, 1.807) is 7.11 Å². The molecule has 0 radical (unpaired) electrons. The molecule has 0 N–H and O–H groups in total. The van der Waals surface area contributed by atoms with Gasteiger partial charge in [-0.05, 0) is 31.8 Å². The summed E-state index contributed by atoms with van der Waals surface area (Å²) in [6, 6.07) is 8.66. The molecule has 2 saturated heterocycles.